The molecule has 2 rings (SSSR count). The van der Waals surface area contributed by atoms with E-state index in [1.807, 2.05) is 0 Å². The second-order valence-corrected chi connectivity index (χ2v) is 4.19. The van der Waals surface area contributed by atoms with Crippen LogP contribution in [-0.4, -0.2) is 17.4 Å². The molecule has 6 heteroatoms. The van der Waals surface area contributed by atoms with Gasteiger partial charge in [-0.1, -0.05) is 24.3 Å². The van der Waals surface area contributed by atoms with Gasteiger partial charge in [0.05, 0.1) is 0 Å². The monoisotopic (exact) mass is 291 g/mol. The molecule has 0 spiro atoms. The number of hydrogen-bond acceptors (Lipinski definition) is 3. The second-order valence-electron chi connectivity index (χ2n) is 4.19. The molecule has 0 saturated carbocycles. The van der Waals surface area contributed by atoms with Crippen LogP contribution in [-0.2, 0) is 0 Å². The summed E-state index contributed by atoms with van der Waals surface area (Å²) in [7, 11) is 0. The highest BCUT2D eigenvalue weighted by Gasteiger charge is 2.12. The normalized spacial score (nSPS) is 11.5. The number of benzene rings is 2. The molecule has 0 heterocycles. The largest absolute Gasteiger partial charge is 0.467 e. The fourth-order valence-corrected chi connectivity index (χ4v) is 1.67. The number of carboxylic acid groups (broad SMARTS) is 1. The van der Waals surface area contributed by atoms with Gasteiger partial charge in [0.1, 0.15) is 0 Å². The van der Waals surface area contributed by atoms with Crippen LogP contribution in [0.1, 0.15) is 6.92 Å². The molecule has 0 radical (unpaired) electrons. The van der Waals surface area contributed by atoms with Gasteiger partial charge in [0, 0.05) is 0 Å². The van der Waals surface area contributed by atoms with Crippen molar-refractivity contribution in [3.63, 3.8) is 0 Å². The third kappa shape index (κ3) is 4.10. The molecular formula is C15H14FNO4. The molecule has 0 saturated heterocycles. The minimum absolute atomic E-state index is 0.0624. The minimum Gasteiger partial charge on any atom is -0.467 e. The van der Waals surface area contributed by atoms with Crippen molar-refractivity contribution in [3.8, 4) is 17.2 Å². The summed E-state index contributed by atoms with van der Waals surface area (Å²) < 4.78 is 24.5. The Kier molecular flexibility index (Phi) is 4.61. The van der Waals surface area contributed by atoms with E-state index in [0.29, 0.717) is 11.5 Å². The van der Waals surface area contributed by atoms with Gasteiger partial charge in [-0.2, -0.15) is 0 Å². The van der Waals surface area contributed by atoms with Crippen LogP contribution in [0.5, 0.6) is 17.2 Å². The van der Waals surface area contributed by atoms with Gasteiger partial charge in [-0.25, -0.2) is 9.18 Å². The smallest absolute Gasteiger partial charge is 0.407 e. The van der Waals surface area contributed by atoms with E-state index >= 15 is 0 Å². The molecule has 110 valence electrons. The third-order valence-electron chi connectivity index (χ3n) is 2.54. The SMILES string of the molecule is CC(NC(=O)O)Oc1ccccc1Oc1ccccc1F. The fourth-order valence-electron chi connectivity index (χ4n) is 1.67. The summed E-state index contributed by atoms with van der Waals surface area (Å²) in [6, 6.07) is 12.6. The number of halogens is 1. The van der Waals surface area contributed by atoms with Crippen LogP contribution in [0, 0.1) is 5.82 Å². The van der Waals surface area contributed by atoms with E-state index < -0.39 is 18.1 Å². The van der Waals surface area contributed by atoms with Gasteiger partial charge < -0.3 is 14.6 Å². The van der Waals surface area contributed by atoms with E-state index in [0.717, 1.165) is 0 Å². The zero-order chi connectivity index (χ0) is 15.2. The second kappa shape index (κ2) is 6.60. The average molecular weight is 291 g/mol. The Morgan fingerprint density at radius 2 is 1.67 bits per heavy atom. The molecule has 1 unspecified atom stereocenters. The highest BCUT2D eigenvalue weighted by molar-refractivity contribution is 5.64. The van der Waals surface area contributed by atoms with Crippen molar-refractivity contribution in [3.05, 3.63) is 54.3 Å². The first-order valence-electron chi connectivity index (χ1n) is 6.24. The lowest BCUT2D eigenvalue weighted by Crippen LogP contribution is -2.35. The zero-order valence-electron chi connectivity index (χ0n) is 11.2. The molecule has 1 amide bonds. The van der Waals surface area contributed by atoms with Crippen molar-refractivity contribution < 1.29 is 23.8 Å². The quantitative estimate of drug-likeness (QED) is 0.826. The first-order valence-corrected chi connectivity index (χ1v) is 6.24. The molecule has 21 heavy (non-hydrogen) atoms. The number of amides is 1. The first-order chi connectivity index (χ1) is 10.1. The maximum Gasteiger partial charge on any atom is 0.407 e. The molecule has 1 atom stereocenters. The van der Waals surface area contributed by atoms with E-state index in [2.05, 4.69) is 5.32 Å². The summed E-state index contributed by atoms with van der Waals surface area (Å²) in [6.45, 7) is 1.54. The summed E-state index contributed by atoms with van der Waals surface area (Å²) in [4.78, 5) is 10.5. The van der Waals surface area contributed by atoms with Crippen molar-refractivity contribution in [2.24, 2.45) is 0 Å². The summed E-state index contributed by atoms with van der Waals surface area (Å²) in [6.07, 6.45) is -1.97. The number of rotatable bonds is 5. The molecule has 0 bridgehead atoms. The van der Waals surface area contributed by atoms with Crippen molar-refractivity contribution in [1.29, 1.82) is 0 Å². The molecule has 0 fully saturated rings. The van der Waals surface area contributed by atoms with Crippen LogP contribution < -0.4 is 14.8 Å². The predicted octanol–water partition coefficient (Wildman–Crippen LogP) is 3.61. The fraction of sp³-hybridized carbons (Fsp3) is 0.133. The molecule has 5 nitrogen and oxygen atoms in total. The number of para-hydroxylation sites is 3. The van der Waals surface area contributed by atoms with Crippen LogP contribution in [0.4, 0.5) is 9.18 Å². The summed E-state index contributed by atoms with van der Waals surface area (Å²) in [5.74, 6) is 0.167. The number of ether oxygens (including phenoxy) is 2. The molecule has 0 aromatic heterocycles. The summed E-state index contributed by atoms with van der Waals surface area (Å²) in [5, 5.41) is 10.8. The first kappa shape index (κ1) is 14.6. The van der Waals surface area contributed by atoms with Crippen molar-refractivity contribution >= 4 is 6.09 Å². The van der Waals surface area contributed by atoms with Gasteiger partial charge in [-0.15, -0.1) is 0 Å². The molecule has 0 aliphatic heterocycles. The minimum atomic E-state index is -1.20. The third-order valence-corrected chi connectivity index (χ3v) is 2.54. The van der Waals surface area contributed by atoms with Gasteiger partial charge in [-0.05, 0) is 31.2 Å². The Bertz CT molecular complexity index is 633. The lowest BCUT2D eigenvalue weighted by atomic mass is 10.3. The van der Waals surface area contributed by atoms with Crippen LogP contribution in [0.15, 0.2) is 48.5 Å². The molecule has 0 aliphatic rings. The molecule has 2 aromatic carbocycles. The van der Waals surface area contributed by atoms with Gasteiger partial charge in [0.2, 0.25) is 0 Å². The molecule has 0 aliphatic carbocycles. The Hall–Kier alpha value is -2.76. The van der Waals surface area contributed by atoms with E-state index in [9.17, 15) is 9.18 Å². The van der Waals surface area contributed by atoms with Gasteiger partial charge in [0.25, 0.3) is 0 Å². The summed E-state index contributed by atoms with van der Waals surface area (Å²) in [5.41, 5.74) is 0. The van der Waals surface area contributed by atoms with Gasteiger partial charge >= 0.3 is 6.09 Å². The lowest BCUT2D eigenvalue weighted by molar-refractivity contribution is 0.146. The number of nitrogens with one attached hydrogen (secondary N) is 1. The predicted molar refractivity (Wildman–Crippen MR) is 74.2 cm³/mol. The van der Waals surface area contributed by atoms with E-state index in [4.69, 9.17) is 14.6 Å². The van der Waals surface area contributed by atoms with Crippen molar-refractivity contribution in [1.82, 2.24) is 5.32 Å². The van der Waals surface area contributed by atoms with Crippen LogP contribution >= 0.6 is 0 Å². The van der Waals surface area contributed by atoms with Crippen LogP contribution in [0.2, 0.25) is 0 Å². The Balaban J connectivity index is 2.17. The molecular weight excluding hydrogens is 277 g/mol. The highest BCUT2D eigenvalue weighted by atomic mass is 19.1. The standard InChI is InChI=1S/C15H14FNO4/c1-10(17-15(18)19)20-13-8-4-5-9-14(13)21-12-7-3-2-6-11(12)16/h2-10,17H,1H3,(H,18,19). The van der Waals surface area contributed by atoms with E-state index in [1.165, 1.54) is 19.1 Å². The number of carbonyl (C=O) groups is 1. The maximum atomic E-state index is 13.6. The maximum absolute atomic E-state index is 13.6. The topological polar surface area (TPSA) is 67.8 Å². The van der Waals surface area contributed by atoms with E-state index in [1.54, 1.807) is 36.4 Å². The molecule has 2 aromatic rings. The Morgan fingerprint density at radius 1 is 1.10 bits per heavy atom. The van der Waals surface area contributed by atoms with Crippen LogP contribution in [0.3, 0.4) is 0 Å². The number of hydrogen-bond donors (Lipinski definition) is 2. The van der Waals surface area contributed by atoms with Gasteiger partial charge in [-0.3, -0.25) is 5.32 Å². The average Bonchev–Trinajstić information content (AvgIpc) is 2.42. The summed E-state index contributed by atoms with van der Waals surface area (Å²) >= 11 is 0. The molecule has 2 N–H and O–H groups in total. The Morgan fingerprint density at radius 3 is 2.29 bits per heavy atom. The van der Waals surface area contributed by atoms with Crippen molar-refractivity contribution in [2.45, 2.75) is 13.2 Å². The van der Waals surface area contributed by atoms with Gasteiger partial charge in [0.15, 0.2) is 29.3 Å². The van der Waals surface area contributed by atoms with E-state index in [-0.39, 0.29) is 5.75 Å². The zero-order valence-corrected chi connectivity index (χ0v) is 11.2. The highest BCUT2D eigenvalue weighted by Crippen LogP contribution is 2.32. The Labute approximate surface area is 120 Å². The van der Waals surface area contributed by atoms with Crippen molar-refractivity contribution in [2.75, 3.05) is 0 Å². The lowest BCUT2D eigenvalue weighted by Gasteiger charge is -2.17. The van der Waals surface area contributed by atoms with Crippen LogP contribution in [0.25, 0.3) is 0 Å².